The van der Waals surface area contributed by atoms with Gasteiger partial charge in [0.25, 0.3) is 5.88 Å². The van der Waals surface area contributed by atoms with Gasteiger partial charge in [0, 0.05) is 36.6 Å². The molecule has 0 saturated heterocycles. The van der Waals surface area contributed by atoms with Crippen molar-refractivity contribution < 1.29 is 4.74 Å². The number of aryl methyl sites for hydroxylation is 1. The van der Waals surface area contributed by atoms with Crippen LogP contribution in [0.15, 0.2) is 18.5 Å². The maximum atomic E-state index is 6.31. The zero-order chi connectivity index (χ0) is 19.0. The third kappa shape index (κ3) is 3.32. The Bertz CT molecular complexity index is 954. The summed E-state index contributed by atoms with van der Waals surface area (Å²) in [6.07, 6.45) is 8.01. The predicted molar refractivity (Wildman–Crippen MR) is 104 cm³/mol. The van der Waals surface area contributed by atoms with Gasteiger partial charge in [-0.25, -0.2) is 9.97 Å². The molecule has 142 valence electrons. The van der Waals surface area contributed by atoms with Gasteiger partial charge in [0.05, 0.1) is 6.20 Å². The number of fused-ring (bicyclic) bond motifs is 1. The quantitative estimate of drug-likeness (QED) is 0.730. The van der Waals surface area contributed by atoms with Crippen LogP contribution in [0.5, 0.6) is 11.6 Å². The molecule has 8 heteroatoms. The van der Waals surface area contributed by atoms with Gasteiger partial charge >= 0.3 is 0 Å². The molecule has 1 aliphatic carbocycles. The highest BCUT2D eigenvalue weighted by Crippen LogP contribution is 2.30. The molecule has 8 nitrogen and oxygen atoms in total. The minimum Gasteiger partial charge on any atom is -0.436 e. The Balaban J connectivity index is 1.60. The zero-order valence-corrected chi connectivity index (χ0v) is 15.9. The van der Waals surface area contributed by atoms with Crippen LogP contribution in [0.2, 0.25) is 0 Å². The number of pyridine rings is 1. The van der Waals surface area contributed by atoms with E-state index in [1.807, 2.05) is 27.0 Å². The van der Waals surface area contributed by atoms with E-state index in [1.54, 1.807) is 12.4 Å². The van der Waals surface area contributed by atoms with E-state index in [-0.39, 0.29) is 12.1 Å². The summed E-state index contributed by atoms with van der Waals surface area (Å²) in [5.74, 6) is 1.91. The molecule has 1 aliphatic rings. The fourth-order valence-corrected chi connectivity index (χ4v) is 3.63. The first kappa shape index (κ1) is 17.7. The van der Waals surface area contributed by atoms with Gasteiger partial charge in [0.2, 0.25) is 0 Å². The Morgan fingerprint density at radius 1 is 1.22 bits per heavy atom. The van der Waals surface area contributed by atoms with Crippen molar-refractivity contribution in [1.29, 1.82) is 0 Å². The smallest absolute Gasteiger partial charge is 0.266 e. The number of hydrogen-bond acceptors (Lipinski definition) is 7. The van der Waals surface area contributed by atoms with Crippen LogP contribution in [0.4, 0.5) is 5.82 Å². The van der Waals surface area contributed by atoms with Crippen molar-refractivity contribution in [3.8, 4) is 11.6 Å². The van der Waals surface area contributed by atoms with E-state index in [1.165, 1.54) is 12.8 Å². The van der Waals surface area contributed by atoms with Gasteiger partial charge in [-0.1, -0.05) is 12.8 Å². The third-order valence-corrected chi connectivity index (χ3v) is 5.48. The van der Waals surface area contributed by atoms with Crippen molar-refractivity contribution in [2.24, 2.45) is 5.73 Å². The molecule has 0 spiro atoms. The molecule has 0 amide bonds. The van der Waals surface area contributed by atoms with Crippen LogP contribution in [-0.4, -0.2) is 44.3 Å². The van der Waals surface area contributed by atoms with Gasteiger partial charge in [-0.15, -0.1) is 5.10 Å². The van der Waals surface area contributed by atoms with E-state index in [2.05, 4.69) is 30.0 Å². The lowest BCUT2D eigenvalue weighted by atomic mass is 9.90. The second-order valence-corrected chi connectivity index (χ2v) is 7.20. The fraction of sp³-hybridized carbons (Fsp3) is 0.474. The van der Waals surface area contributed by atoms with Crippen LogP contribution in [0.1, 0.15) is 36.9 Å². The lowest BCUT2D eigenvalue weighted by Crippen LogP contribution is -2.48. The van der Waals surface area contributed by atoms with Gasteiger partial charge in [0.1, 0.15) is 11.6 Å². The number of ether oxygens (including phenoxy) is 1. The molecule has 2 atom stereocenters. The summed E-state index contributed by atoms with van der Waals surface area (Å²) in [4.78, 5) is 15.6. The Hall–Kier alpha value is -2.74. The molecular weight excluding hydrogens is 342 g/mol. The van der Waals surface area contributed by atoms with E-state index in [0.717, 1.165) is 29.9 Å². The largest absolute Gasteiger partial charge is 0.436 e. The number of nitrogens with one attached hydrogen (secondary N) is 1. The van der Waals surface area contributed by atoms with Crippen LogP contribution in [0.3, 0.4) is 0 Å². The molecule has 0 unspecified atom stereocenters. The number of likely N-dealkylation sites (N-methyl/N-ethyl adjacent to an activating group) is 1. The number of rotatable bonds is 4. The molecule has 0 bridgehead atoms. The summed E-state index contributed by atoms with van der Waals surface area (Å²) in [5.41, 5.74) is 9.41. The van der Waals surface area contributed by atoms with Crippen molar-refractivity contribution in [2.75, 3.05) is 11.9 Å². The van der Waals surface area contributed by atoms with Crippen LogP contribution in [0, 0.1) is 13.8 Å². The molecule has 3 heterocycles. The van der Waals surface area contributed by atoms with Crippen molar-refractivity contribution in [3.63, 3.8) is 0 Å². The van der Waals surface area contributed by atoms with Crippen molar-refractivity contribution in [1.82, 2.24) is 25.1 Å². The van der Waals surface area contributed by atoms with Gasteiger partial charge < -0.3 is 15.4 Å². The first-order valence-corrected chi connectivity index (χ1v) is 9.34. The SMILES string of the molecule is Cc1nccc(Oc2n[nH]c3nc(N(C)[C@H]4CCCC[C@H]4N)cnc23)c1C. The maximum Gasteiger partial charge on any atom is 0.266 e. The van der Waals surface area contributed by atoms with Crippen molar-refractivity contribution in [3.05, 3.63) is 29.7 Å². The molecule has 1 fully saturated rings. The first-order valence-electron chi connectivity index (χ1n) is 9.34. The summed E-state index contributed by atoms with van der Waals surface area (Å²) in [7, 11) is 2.03. The van der Waals surface area contributed by atoms with Crippen LogP contribution >= 0.6 is 0 Å². The average Bonchev–Trinajstić information content (AvgIpc) is 3.07. The lowest BCUT2D eigenvalue weighted by molar-refractivity contribution is 0.372. The Morgan fingerprint density at radius 3 is 2.85 bits per heavy atom. The van der Waals surface area contributed by atoms with Crippen LogP contribution < -0.4 is 15.4 Å². The number of nitrogens with zero attached hydrogens (tertiary/aromatic N) is 5. The lowest BCUT2D eigenvalue weighted by Gasteiger charge is -2.36. The summed E-state index contributed by atoms with van der Waals surface area (Å²) >= 11 is 0. The van der Waals surface area contributed by atoms with Gasteiger partial charge in [-0.3, -0.25) is 10.1 Å². The van der Waals surface area contributed by atoms with Gasteiger partial charge in [-0.05, 0) is 32.8 Å². The van der Waals surface area contributed by atoms with E-state index in [9.17, 15) is 0 Å². The molecule has 27 heavy (non-hydrogen) atoms. The van der Waals surface area contributed by atoms with Crippen LogP contribution in [0.25, 0.3) is 11.2 Å². The minimum atomic E-state index is 0.166. The Labute approximate surface area is 158 Å². The Kier molecular flexibility index (Phi) is 4.65. The topological polar surface area (TPSA) is 106 Å². The second kappa shape index (κ2) is 7.11. The van der Waals surface area contributed by atoms with E-state index < -0.39 is 0 Å². The molecule has 3 aromatic heterocycles. The highest BCUT2D eigenvalue weighted by Gasteiger charge is 2.27. The minimum absolute atomic E-state index is 0.166. The van der Waals surface area contributed by atoms with E-state index in [4.69, 9.17) is 10.5 Å². The second-order valence-electron chi connectivity index (χ2n) is 7.20. The first-order chi connectivity index (χ1) is 13.0. The van der Waals surface area contributed by atoms with Crippen LogP contribution in [-0.2, 0) is 0 Å². The fourth-order valence-electron chi connectivity index (χ4n) is 3.63. The molecule has 0 aromatic carbocycles. The molecule has 1 saturated carbocycles. The standard InChI is InChI=1S/C19H25N7O/c1-11-12(2)21-9-8-15(11)27-19-17-18(24-25-19)23-16(10-22-17)26(3)14-7-5-4-6-13(14)20/h8-10,13-14H,4-7,20H2,1-3H3,(H,23,24,25)/t13-,14+/m1/s1. The highest BCUT2D eigenvalue weighted by atomic mass is 16.5. The molecule has 0 aliphatic heterocycles. The number of hydrogen-bond donors (Lipinski definition) is 2. The van der Waals surface area contributed by atoms with E-state index in [0.29, 0.717) is 22.8 Å². The third-order valence-electron chi connectivity index (χ3n) is 5.48. The van der Waals surface area contributed by atoms with Gasteiger partial charge in [0.15, 0.2) is 11.2 Å². The summed E-state index contributed by atoms with van der Waals surface area (Å²) in [6.45, 7) is 3.92. The van der Waals surface area contributed by atoms with Crippen molar-refractivity contribution >= 4 is 17.0 Å². The number of anilines is 1. The molecule has 3 N–H and O–H groups in total. The molecular formula is C19H25N7O. The summed E-state index contributed by atoms with van der Waals surface area (Å²) in [5, 5.41) is 7.18. The Morgan fingerprint density at radius 2 is 2.04 bits per heavy atom. The average molecular weight is 367 g/mol. The normalized spacial score (nSPS) is 20.0. The van der Waals surface area contributed by atoms with Crippen molar-refractivity contribution in [2.45, 2.75) is 51.6 Å². The number of nitrogens with two attached hydrogens (primary N) is 1. The number of H-pyrrole nitrogens is 1. The summed E-state index contributed by atoms with van der Waals surface area (Å²) in [6, 6.07) is 2.27. The number of aromatic amines is 1. The summed E-state index contributed by atoms with van der Waals surface area (Å²) < 4.78 is 5.96. The predicted octanol–water partition coefficient (Wildman–Crippen LogP) is 2.86. The molecule has 4 rings (SSSR count). The molecule has 0 radical (unpaired) electrons. The number of aromatic nitrogens is 5. The molecule has 3 aromatic rings. The monoisotopic (exact) mass is 367 g/mol. The maximum absolute atomic E-state index is 6.31. The van der Waals surface area contributed by atoms with E-state index >= 15 is 0 Å². The highest BCUT2D eigenvalue weighted by molar-refractivity contribution is 5.77. The van der Waals surface area contributed by atoms with Gasteiger partial charge in [-0.2, -0.15) is 0 Å². The zero-order valence-electron chi connectivity index (χ0n) is 15.9.